The van der Waals surface area contributed by atoms with Gasteiger partial charge in [-0.3, -0.25) is 0 Å². The zero-order valence-corrected chi connectivity index (χ0v) is 17.7. The molecule has 0 aromatic heterocycles. The van der Waals surface area contributed by atoms with Gasteiger partial charge < -0.3 is 9.47 Å². The molecule has 166 valence electrons. The molecule has 1 unspecified atom stereocenters. The first-order valence-electron chi connectivity index (χ1n) is 10.9. The Morgan fingerprint density at radius 3 is 2.29 bits per heavy atom. The number of fused-ring (bicyclic) bond motifs is 3. The predicted molar refractivity (Wildman–Crippen MR) is 112 cm³/mol. The van der Waals surface area contributed by atoms with Crippen molar-refractivity contribution in [1.29, 1.82) is 0 Å². The fraction of sp³-hybridized carbons (Fsp3) is 0.440. The van der Waals surface area contributed by atoms with Crippen molar-refractivity contribution < 1.29 is 27.0 Å². The average Bonchev–Trinajstić information content (AvgIpc) is 2.99. The van der Waals surface area contributed by atoms with E-state index in [0.717, 1.165) is 25.7 Å². The Balaban J connectivity index is 1.68. The maximum absolute atomic E-state index is 15.4. The number of alkyl halides is 2. The van der Waals surface area contributed by atoms with Crippen molar-refractivity contribution in [2.75, 3.05) is 13.2 Å². The van der Waals surface area contributed by atoms with Gasteiger partial charge in [-0.25, -0.2) is 8.78 Å². The third-order valence-corrected chi connectivity index (χ3v) is 6.04. The van der Waals surface area contributed by atoms with Crippen molar-refractivity contribution in [3.63, 3.8) is 0 Å². The summed E-state index contributed by atoms with van der Waals surface area (Å²) < 4.78 is 71.7. The molecular formula is C25H26F4O2. The molecule has 0 bridgehead atoms. The Kier molecular flexibility index (Phi) is 6.11. The van der Waals surface area contributed by atoms with Gasteiger partial charge >= 0.3 is 5.92 Å². The molecule has 2 nitrogen and oxygen atoms in total. The van der Waals surface area contributed by atoms with Crippen LogP contribution in [0.4, 0.5) is 17.6 Å². The van der Waals surface area contributed by atoms with Gasteiger partial charge in [0.1, 0.15) is 5.82 Å². The van der Waals surface area contributed by atoms with Crippen molar-refractivity contribution in [1.82, 2.24) is 0 Å². The SMILES string of the molecule is CCCCCC1CC=C(c2ccc3c(c2F)C(F)(F)c2c-3ccc(OCC)c2F)CO1. The second-order valence-corrected chi connectivity index (χ2v) is 8.05. The first kappa shape index (κ1) is 21.9. The van der Waals surface area contributed by atoms with Crippen LogP contribution in [0.25, 0.3) is 16.7 Å². The van der Waals surface area contributed by atoms with E-state index in [1.807, 2.05) is 6.08 Å². The van der Waals surface area contributed by atoms with E-state index in [4.69, 9.17) is 9.47 Å². The van der Waals surface area contributed by atoms with Crippen LogP contribution in [0.15, 0.2) is 30.3 Å². The Bertz CT molecular complexity index is 1010. The molecular weight excluding hydrogens is 408 g/mol. The molecule has 0 spiro atoms. The highest BCUT2D eigenvalue weighted by molar-refractivity contribution is 5.83. The fourth-order valence-electron chi connectivity index (χ4n) is 4.46. The summed E-state index contributed by atoms with van der Waals surface area (Å²) in [6.07, 6.45) is 6.82. The molecule has 31 heavy (non-hydrogen) atoms. The van der Waals surface area contributed by atoms with Gasteiger partial charge in [-0.15, -0.1) is 0 Å². The third kappa shape index (κ3) is 3.75. The van der Waals surface area contributed by atoms with Crippen molar-refractivity contribution in [2.24, 2.45) is 0 Å². The zero-order chi connectivity index (χ0) is 22.2. The molecule has 6 heteroatoms. The Morgan fingerprint density at radius 1 is 0.968 bits per heavy atom. The minimum atomic E-state index is -3.79. The molecule has 1 atom stereocenters. The Morgan fingerprint density at radius 2 is 1.65 bits per heavy atom. The van der Waals surface area contributed by atoms with E-state index < -0.39 is 28.7 Å². The third-order valence-electron chi connectivity index (χ3n) is 6.04. The molecule has 0 N–H and O–H groups in total. The normalized spacial score (nSPS) is 19.0. The van der Waals surface area contributed by atoms with Crippen molar-refractivity contribution in [3.8, 4) is 16.9 Å². The predicted octanol–water partition coefficient (Wildman–Crippen LogP) is 7.24. The number of unbranched alkanes of at least 4 members (excludes halogenated alkanes) is 2. The molecule has 0 fully saturated rings. The van der Waals surface area contributed by atoms with Gasteiger partial charge in [0.05, 0.1) is 30.4 Å². The largest absolute Gasteiger partial charge is 0.491 e. The Hall–Kier alpha value is -2.34. The summed E-state index contributed by atoms with van der Waals surface area (Å²) in [4.78, 5) is 0. The van der Waals surface area contributed by atoms with Crippen molar-refractivity contribution >= 4 is 5.57 Å². The molecule has 0 saturated heterocycles. The van der Waals surface area contributed by atoms with E-state index in [-0.39, 0.29) is 41.8 Å². The van der Waals surface area contributed by atoms with Gasteiger partial charge in [0.25, 0.3) is 0 Å². The molecule has 1 aliphatic heterocycles. The van der Waals surface area contributed by atoms with Crippen LogP contribution in [0.5, 0.6) is 5.75 Å². The summed E-state index contributed by atoms with van der Waals surface area (Å²) in [6.45, 7) is 4.09. The smallest absolute Gasteiger partial charge is 0.305 e. The van der Waals surface area contributed by atoms with Gasteiger partial charge in [0.15, 0.2) is 11.6 Å². The van der Waals surface area contributed by atoms with Gasteiger partial charge in [-0.2, -0.15) is 8.78 Å². The molecule has 4 rings (SSSR count). The van der Waals surface area contributed by atoms with Gasteiger partial charge in [0, 0.05) is 5.56 Å². The number of hydrogen-bond acceptors (Lipinski definition) is 2. The molecule has 2 aliphatic rings. The summed E-state index contributed by atoms with van der Waals surface area (Å²) in [5.74, 6) is -6.21. The summed E-state index contributed by atoms with van der Waals surface area (Å²) >= 11 is 0. The van der Waals surface area contributed by atoms with Crippen LogP contribution in [0.2, 0.25) is 0 Å². The Labute approximate surface area is 179 Å². The minimum Gasteiger partial charge on any atom is -0.491 e. The molecule has 0 saturated carbocycles. The van der Waals surface area contributed by atoms with Crippen LogP contribution in [0, 0.1) is 11.6 Å². The van der Waals surface area contributed by atoms with E-state index in [0.29, 0.717) is 12.0 Å². The first-order valence-corrected chi connectivity index (χ1v) is 10.9. The molecule has 0 amide bonds. The second kappa shape index (κ2) is 8.65. The van der Waals surface area contributed by atoms with Gasteiger partial charge in [-0.1, -0.05) is 44.4 Å². The van der Waals surface area contributed by atoms with E-state index in [1.54, 1.807) is 6.92 Å². The van der Waals surface area contributed by atoms with E-state index in [1.165, 1.54) is 24.3 Å². The lowest BCUT2D eigenvalue weighted by Crippen LogP contribution is -2.20. The van der Waals surface area contributed by atoms with Crippen LogP contribution >= 0.6 is 0 Å². The van der Waals surface area contributed by atoms with E-state index >= 15 is 13.2 Å². The topological polar surface area (TPSA) is 18.5 Å². The lowest BCUT2D eigenvalue weighted by atomic mass is 9.94. The quantitative estimate of drug-likeness (QED) is 0.338. The van der Waals surface area contributed by atoms with Crippen LogP contribution < -0.4 is 4.74 Å². The molecule has 1 aliphatic carbocycles. The zero-order valence-electron chi connectivity index (χ0n) is 17.7. The summed E-state index contributed by atoms with van der Waals surface area (Å²) in [6, 6.07) is 5.61. The standard InChI is InChI=1S/C25H26F4O2/c1-3-5-6-7-16-9-8-15(14-31-16)17-10-11-18-19-12-13-20(30-4-2)24(27)22(19)25(28,29)21(18)23(17)26/h8,10-13,16H,3-7,9,14H2,1-2H3. The molecule has 2 aromatic carbocycles. The number of benzene rings is 2. The van der Waals surface area contributed by atoms with Crippen LogP contribution in [-0.2, 0) is 10.7 Å². The maximum Gasteiger partial charge on any atom is 0.305 e. The number of hydrogen-bond donors (Lipinski definition) is 0. The fourth-order valence-corrected chi connectivity index (χ4v) is 4.46. The summed E-state index contributed by atoms with van der Waals surface area (Å²) in [7, 11) is 0. The second-order valence-electron chi connectivity index (χ2n) is 8.05. The van der Waals surface area contributed by atoms with Crippen molar-refractivity contribution in [2.45, 2.75) is 58.0 Å². The van der Waals surface area contributed by atoms with E-state index in [2.05, 4.69) is 6.92 Å². The molecule has 2 aromatic rings. The average molecular weight is 434 g/mol. The summed E-state index contributed by atoms with van der Waals surface area (Å²) in [5.41, 5.74) is -0.958. The highest BCUT2D eigenvalue weighted by Crippen LogP contribution is 2.55. The van der Waals surface area contributed by atoms with Crippen LogP contribution in [0.1, 0.15) is 62.6 Å². The number of rotatable bonds is 7. The molecule has 1 heterocycles. The van der Waals surface area contributed by atoms with E-state index in [9.17, 15) is 4.39 Å². The maximum atomic E-state index is 15.4. The van der Waals surface area contributed by atoms with Crippen LogP contribution in [0.3, 0.4) is 0 Å². The number of ether oxygens (including phenoxy) is 2. The van der Waals surface area contributed by atoms with Crippen molar-refractivity contribution in [3.05, 3.63) is 58.7 Å². The summed E-state index contributed by atoms with van der Waals surface area (Å²) in [5, 5.41) is 0. The highest BCUT2D eigenvalue weighted by Gasteiger charge is 2.50. The van der Waals surface area contributed by atoms with Gasteiger partial charge in [-0.05, 0) is 48.6 Å². The first-order chi connectivity index (χ1) is 14.9. The monoisotopic (exact) mass is 434 g/mol. The number of halogens is 4. The highest BCUT2D eigenvalue weighted by atomic mass is 19.3. The molecule has 0 radical (unpaired) electrons. The van der Waals surface area contributed by atoms with Gasteiger partial charge in [0.2, 0.25) is 0 Å². The lowest BCUT2D eigenvalue weighted by molar-refractivity contribution is 0.0396. The van der Waals surface area contributed by atoms with Crippen LogP contribution in [-0.4, -0.2) is 19.3 Å². The lowest BCUT2D eigenvalue weighted by Gasteiger charge is -2.24. The minimum absolute atomic E-state index is 0.00346.